The van der Waals surface area contributed by atoms with Crippen molar-refractivity contribution in [3.63, 3.8) is 0 Å². The van der Waals surface area contributed by atoms with E-state index in [1.807, 2.05) is 6.92 Å². The molecule has 33 nitrogen and oxygen atoms in total. The van der Waals surface area contributed by atoms with E-state index in [0.29, 0.717) is 12.8 Å². The molecule has 5 aliphatic rings. The first-order valence-electron chi connectivity index (χ1n) is 35.0. The molecule has 5 aliphatic heterocycles. The Labute approximate surface area is 613 Å². The van der Waals surface area contributed by atoms with Crippen LogP contribution in [0.15, 0.2) is 59.3 Å². The lowest BCUT2D eigenvalue weighted by Crippen LogP contribution is -2.69. The van der Waals surface area contributed by atoms with E-state index in [1.165, 1.54) is 37.5 Å². The number of carbonyl (C=O) groups is 7. The Balaban J connectivity index is 1.39. The molecular formula is C71H112NO32P. The molecule has 5 saturated heterocycles. The fourth-order valence-corrected chi connectivity index (χ4v) is 13.1. The average molecular weight is 1520 g/mol. The lowest BCUT2D eigenvalue weighted by Gasteiger charge is -2.51. The maximum Gasteiger partial charge on any atom is 0.404 e. The van der Waals surface area contributed by atoms with Crippen molar-refractivity contribution >= 4 is 49.8 Å². The first kappa shape index (κ1) is 90.3. The summed E-state index contributed by atoms with van der Waals surface area (Å²) in [6.07, 6.45) is -25.5. The van der Waals surface area contributed by atoms with Crippen molar-refractivity contribution in [2.45, 2.75) is 296 Å². The molecule has 598 valence electrons. The first-order valence-corrected chi connectivity index (χ1v) is 36.2. The van der Waals surface area contributed by atoms with E-state index < -0.39 is 228 Å². The zero-order valence-corrected chi connectivity index (χ0v) is 63.7. The van der Waals surface area contributed by atoms with Gasteiger partial charge >= 0.3 is 38.2 Å². The number of amides is 1. The van der Waals surface area contributed by atoms with Crippen LogP contribution in [-0.2, 0) is 113 Å². The van der Waals surface area contributed by atoms with Gasteiger partial charge < -0.3 is 117 Å². The molecule has 27 atom stereocenters. The number of methoxy groups -OCH3 is 1. The Morgan fingerprint density at radius 1 is 0.619 bits per heavy atom. The van der Waals surface area contributed by atoms with Gasteiger partial charge in [-0.3, -0.25) is 33.1 Å². The minimum atomic E-state index is -3.97. The predicted octanol–water partition coefficient (Wildman–Crippen LogP) is 3.77. The lowest BCUT2D eigenvalue weighted by molar-refractivity contribution is -0.382. The number of Topliss-reactive ketones (excluding diaryl/α,β-unsaturated/α-hetero) is 2. The highest BCUT2D eigenvalue weighted by Gasteiger charge is 2.61. The Hall–Kier alpha value is -5.34. The molecule has 0 aromatic heterocycles. The Morgan fingerprint density at radius 3 is 1.78 bits per heavy atom. The van der Waals surface area contributed by atoms with Crippen molar-refractivity contribution in [1.29, 1.82) is 0 Å². The standard InChI is InChI=1S/C71H112NO32P/c1-34(2)21-20-23-35(3)24-25-37(5)26-29-70(14,15)28-19-18-22-36(4)27-30-89-48(63(84)88-17)33-92-105(87)104-68-60(62(103-69(72)85)71(16,86)61(102-68)41(9)74)101-65-39(7)50(79)57(47(97-65)32-91-66-58(94-44(12)76)52(81)51(80)46(96-66)31-90-43(11)75)100-64-38(6)49(78)56(42(10)93-64)99-67-59(95-45(13)77)54(83)53(82)55(98-67)40(8)73/h19,21,24,27-28,38-39,42,46-62,64-68,78-83,86,105H,5,18,20,22-23,25-26,29-33H2,1-4,6-17H3,(H2,72,85)/b28-19+,35-24+,36-27-/t38-,39-,42?,46?,47?,48+,49?,50?,51+,52?,53+,54?,55?,56+,57+,58-,59-,60?,61?,62+,64-,65-,66+,67-,68+,71+/m0/s1. The van der Waals surface area contributed by atoms with E-state index >= 15 is 0 Å². The summed E-state index contributed by atoms with van der Waals surface area (Å²) >= 11 is 0. The van der Waals surface area contributed by atoms with Crippen molar-refractivity contribution in [3.05, 3.63) is 59.3 Å². The van der Waals surface area contributed by atoms with Gasteiger partial charge in [-0.25, -0.2) is 9.59 Å². The Kier molecular flexibility index (Phi) is 35.6. The summed E-state index contributed by atoms with van der Waals surface area (Å²) in [5, 5.41) is 80.7. The summed E-state index contributed by atoms with van der Waals surface area (Å²) in [5.74, 6) is -7.78. The largest absolute Gasteiger partial charge is 0.467 e. The second-order valence-electron chi connectivity index (χ2n) is 28.5. The summed E-state index contributed by atoms with van der Waals surface area (Å²) in [7, 11) is -2.88. The molecule has 5 heterocycles. The topological polar surface area (TPSA) is 461 Å². The third-order valence-corrected chi connectivity index (χ3v) is 19.4. The summed E-state index contributed by atoms with van der Waals surface area (Å²) < 4.78 is 113. The minimum absolute atomic E-state index is 0.0823. The smallest absolute Gasteiger partial charge is 0.404 e. The molecule has 11 unspecified atom stereocenters. The van der Waals surface area contributed by atoms with Gasteiger partial charge in [0.25, 0.3) is 0 Å². The fraction of sp³-hybridized carbons (Fsp3) is 0.761. The number of primary amides is 1. The quantitative estimate of drug-likeness (QED) is 0.0190. The molecule has 5 fully saturated rings. The Morgan fingerprint density at radius 2 is 1.19 bits per heavy atom. The molecule has 0 aliphatic carbocycles. The van der Waals surface area contributed by atoms with Crippen LogP contribution in [0.1, 0.15) is 149 Å². The van der Waals surface area contributed by atoms with E-state index in [-0.39, 0.29) is 12.0 Å². The predicted molar refractivity (Wildman–Crippen MR) is 367 cm³/mol. The number of hydrogen-bond acceptors (Lipinski definition) is 32. The molecule has 5 rings (SSSR count). The first-order chi connectivity index (χ1) is 49.1. The monoisotopic (exact) mass is 1520 g/mol. The van der Waals surface area contributed by atoms with Crippen molar-refractivity contribution < 1.29 is 154 Å². The van der Waals surface area contributed by atoms with Gasteiger partial charge in [-0.05, 0) is 106 Å². The third kappa shape index (κ3) is 26.5. The molecule has 0 bridgehead atoms. The highest BCUT2D eigenvalue weighted by Crippen LogP contribution is 2.43. The van der Waals surface area contributed by atoms with Gasteiger partial charge in [0.15, 0.2) is 79.6 Å². The van der Waals surface area contributed by atoms with Crippen LogP contribution in [0, 0.1) is 17.3 Å². The number of aliphatic hydroxyl groups excluding tert-OH is 6. The number of aliphatic hydroxyl groups is 7. The van der Waals surface area contributed by atoms with Gasteiger partial charge in [0.05, 0.1) is 45.2 Å². The summed E-state index contributed by atoms with van der Waals surface area (Å²) in [5.41, 5.74) is 7.67. The highest BCUT2D eigenvalue weighted by atomic mass is 31.1. The zero-order valence-electron chi connectivity index (χ0n) is 62.7. The van der Waals surface area contributed by atoms with Crippen molar-refractivity contribution in [2.75, 3.05) is 33.5 Å². The molecule has 34 heteroatoms. The van der Waals surface area contributed by atoms with E-state index in [0.717, 1.165) is 86.3 Å². The van der Waals surface area contributed by atoms with E-state index in [2.05, 4.69) is 65.5 Å². The van der Waals surface area contributed by atoms with Gasteiger partial charge in [-0.2, -0.15) is 0 Å². The normalized spacial score (nSPS) is 35.3. The number of hydrogen-bond donors (Lipinski definition) is 8. The second kappa shape index (κ2) is 41.5. The molecule has 0 spiro atoms. The van der Waals surface area contributed by atoms with Crippen LogP contribution in [0.4, 0.5) is 4.79 Å². The minimum Gasteiger partial charge on any atom is -0.467 e. The summed E-state index contributed by atoms with van der Waals surface area (Å²) in [4.78, 5) is 88.2. The average Bonchev–Trinajstić information content (AvgIpc) is 0.755. The van der Waals surface area contributed by atoms with E-state index in [1.54, 1.807) is 6.08 Å². The van der Waals surface area contributed by atoms with Crippen LogP contribution in [-0.4, -0.2) is 258 Å². The lowest BCUT2D eigenvalue weighted by atomic mass is 9.83. The maximum absolute atomic E-state index is 14.1. The van der Waals surface area contributed by atoms with Gasteiger partial charge in [0.1, 0.15) is 67.1 Å². The molecule has 0 radical (unpaired) electrons. The van der Waals surface area contributed by atoms with Crippen LogP contribution >= 0.6 is 8.25 Å². The van der Waals surface area contributed by atoms with E-state index in [4.69, 9.17) is 85.8 Å². The van der Waals surface area contributed by atoms with Crippen molar-refractivity contribution in [3.8, 4) is 0 Å². The molecule has 0 aromatic carbocycles. The highest BCUT2D eigenvalue weighted by molar-refractivity contribution is 7.33. The van der Waals surface area contributed by atoms with Crippen molar-refractivity contribution in [1.82, 2.24) is 0 Å². The van der Waals surface area contributed by atoms with Gasteiger partial charge in [-0.1, -0.05) is 86.9 Å². The Bertz CT molecular complexity index is 3060. The molecule has 105 heavy (non-hydrogen) atoms. The molecule has 1 amide bonds. The molecule has 0 aromatic rings. The number of ketones is 2. The van der Waals surface area contributed by atoms with Crippen LogP contribution in [0.3, 0.4) is 0 Å². The van der Waals surface area contributed by atoms with Gasteiger partial charge in [-0.15, -0.1) is 0 Å². The number of allylic oxidation sites excluding steroid dienone is 8. The van der Waals surface area contributed by atoms with Crippen LogP contribution in [0.2, 0.25) is 0 Å². The zero-order chi connectivity index (χ0) is 78.7. The number of carbonyl (C=O) groups excluding carboxylic acids is 7. The van der Waals surface area contributed by atoms with Crippen molar-refractivity contribution in [2.24, 2.45) is 23.0 Å². The summed E-state index contributed by atoms with van der Waals surface area (Å²) in [6, 6.07) is 0. The fourth-order valence-electron chi connectivity index (χ4n) is 12.4. The molecule has 0 saturated carbocycles. The van der Waals surface area contributed by atoms with Gasteiger partial charge in [0.2, 0.25) is 0 Å². The maximum atomic E-state index is 14.1. The number of ether oxygens (including phenoxy) is 15. The number of esters is 4. The number of nitrogens with two attached hydrogens (primary N) is 1. The number of rotatable bonds is 37. The second-order valence-corrected chi connectivity index (χ2v) is 29.5. The van der Waals surface area contributed by atoms with Crippen LogP contribution in [0.25, 0.3) is 0 Å². The van der Waals surface area contributed by atoms with Crippen LogP contribution < -0.4 is 5.73 Å². The van der Waals surface area contributed by atoms with Crippen LogP contribution in [0.5, 0.6) is 0 Å². The van der Waals surface area contributed by atoms with E-state index in [9.17, 15) is 73.9 Å². The molecular weight excluding hydrogens is 1410 g/mol. The SMILES string of the molecule is C=C(C/C=C(\C)CCC=C(C)C)CCC(C)(C)/C=C/CC/C(C)=C\CO[C@H](CO[PH](=O)O[C@H]1OC(C(C)=O)[C@@](C)(O)[C@H](OC(N)=O)C1O[C@@H]1OC(CO[C@@H]2OC(COC(C)=O)[C@@H](O)C(O)[C@@H]2OC(C)=O)[C@@H](O[C@@H]2OC(C)[C@@H](O[C@@H]3OC(C(C)=O)[C@H](O)C(O)[C@@H]3OC(C)=O)C(O)[C@@H]2C)C(O)[C@@H]1C)C(=O)OC. The third-order valence-electron chi connectivity index (χ3n) is 18.6. The van der Waals surface area contributed by atoms with Gasteiger partial charge in [0, 0.05) is 32.6 Å². The summed E-state index contributed by atoms with van der Waals surface area (Å²) in [6.45, 7) is 24.9. The molecule has 9 N–H and O–H groups in total.